The molecule has 0 atom stereocenters. The van der Waals surface area contributed by atoms with Crippen molar-refractivity contribution in [3.63, 3.8) is 0 Å². The second-order valence-corrected chi connectivity index (χ2v) is 6.09. The van der Waals surface area contributed by atoms with Crippen LogP contribution in [0.25, 0.3) is 0 Å². The molecule has 1 nitrogen and oxygen atoms in total. The fourth-order valence-corrected chi connectivity index (χ4v) is 3.14. The first-order valence-corrected chi connectivity index (χ1v) is 6.92. The highest BCUT2D eigenvalue weighted by molar-refractivity contribution is 9.10. The Kier molecular flexibility index (Phi) is 3.70. The molecule has 2 rings (SSSR count). The predicted octanol–water partition coefficient (Wildman–Crippen LogP) is 3.86. The summed E-state index contributed by atoms with van der Waals surface area (Å²) in [4.78, 5) is 0. The van der Waals surface area contributed by atoms with E-state index in [-0.39, 0.29) is 5.41 Å². The van der Waals surface area contributed by atoms with Gasteiger partial charge < -0.3 is 5.73 Å². The highest BCUT2D eigenvalue weighted by Crippen LogP contribution is 2.41. The summed E-state index contributed by atoms with van der Waals surface area (Å²) in [6.07, 6.45) is 5.09. The van der Waals surface area contributed by atoms with Gasteiger partial charge in [0.2, 0.25) is 0 Å². The van der Waals surface area contributed by atoms with Gasteiger partial charge in [-0.1, -0.05) is 35.0 Å². The third-order valence-electron chi connectivity index (χ3n) is 4.06. The summed E-state index contributed by atoms with van der Waals surface area (Å²) in [7, 11) is 0. The molecule has 0 unspecified atom stereocenters. The Morgan fingerprint density at radius 3 is 2.62 bits per heavy atom. The lowest BCUT2D eigenvalue weighted by atomic mass is 9.67. The second-order valence-electron chi connectivity index (χ2n) is 5.18. The largest absolute Gasteiger partial charge is 0.330 e. The summed E-state index contributed by atoms with van der Waals surface area (Å²) in [5.74, 6) is 0.867. The van der Waals surface area contributed by atoms with E-state index in [1.54, 1.807) is 0 Å². The van der Waals surface area contributed by atoms with Crippen molar-refractivity contribution in [2.75, 3.05) is 6.54 Å². The normalized spacial score (nSPS) is 30.3. The molecule has 1 fully saturated rings. The molecule has 1 aromatic rings. The minimum Gasteiger partial charge on any atom is -0.330 e. The monoisotopic (exact) mass is 281 g/mol. The van der Waals surface area contributed by atoms with Crippen LogP contribution >= 0.6 is 15.9 Å². The van der Waals surface area contributed by atoms with Gasteiger partial charge in [0, 0.05) is 16.4 Å². The minimum atomic E-state index is 0.232. The number of rotatable bonds is 2. The van der Waals surface area contributed by atoms with Crippen LogP contribution in [-0.4, -0.2) is 6.54 Å². The molecule has 0 saturated heterocycles. The van der Waals surface area contributed by atoms with Gasteiger partial charge in [-0.2, -0.15) is 0 Å². The van der Waals surface area contributed by atoms with Gasteiger partial charge >= 0.3 is 0 Å². The van der Waals surface area contributed by atoms with Crippen molar-refractivity contribution in [1.82, 2.24) is 0 Å². The molecule has 2 heteroatoms. The van der Waals surface area contributed by atoms with Gasteiger partial charge in [-0.05, 0) is 49.3 Å². The first-order chi connectivity index (χ1) is 7.66. The summed E-state index contributed by atoms with van der Waals surface area (Å²) >= 11 is 3.55. The Hall–Kier alpha value is -0.340. The van der Waals surface area contributed by atoms with Gasteiger partial charge in [-0.25, -0.2) is 0 Å². The Morgan fingerprint density at radius 1 is 1.38 bits per heavy atom. The molecule has 0 spiro atoms. The Bertz CT molecular complexity index is 354. The number of benzene rings is 1. The van der Waals surface area contributed by atoms with Crippen LogP contribution < -0.4 is 5.73 Å². The lowest BCUT2D eigenvalue weighted by molar-refractivity contribution is 0.247. The third kappa shape index (κ3) is 2.33. The molecule has 1 aliphatic carbocycles. The average molecular weight is 282 g/mol. The molecule has 0 aromatic heterocycles. The van der Waals surface area contributed by atoms with Crippen LogP contribution in [0.2, 0.25) is 0 Å². The van der Waals surface area contributed by atoms with Gasteiger partial charge in [-0.3, -0.25) is 0 Å². The SMILES string of the molecule is CC1CCC(CN)(c2cccc(Br)c2)CC1. The van der Waals surface area contributed by atoms with Crippen LogP contribution in [-0.2, 0) is 5.41 Å². The molecule has 1 aromatic carbocycles. The third-order valence-corrected chi connectivity index (χ3v) is 4.55. The molecule has 0 aliphatic heterocycles. The van der Waals surface area contributed by atoms with E-state index in [4.69, 9.17) is 5.73 Å². The van der Waals surface area contributed by atoms with Crippen molar-refractivity contribution >= 4 is 15.9 Å². The van der Waals surface area contributed by atoms with E-state index in [0.29, 0.717) is 0 Å². The summed E-state index contributed by atoms with van der Waals surface area (Å²) < 4.78 is 1.16. The first kappa shape index (κ1) is 12.1. The van der Waals surface area contributed by atoms with E-state index in [9.17, 15) is 0 Å². The molecule has 1 saturated carbocycles. The van der Waals surface area contributed by atoms with E-state index in [1.165, 1.54) is 31.2 Å². The van der Waals surface area contributed by atoms with Gasteiger partial charge in [0.1, 0.15) is 0 Å². The van der Waals surface area contributed by atoms with Gasteiger partial charge in [0.05, 0.1) is 0 Å². The van der Waals surface area contributed by atoms with Crippen molar-refractivity contribution in [3.8, 4) is 0 Å². The summed E-state index contributed by atoms with van der Waals surface area (Å²) in [5, 5.41) is 0. The van der Waals surface area contributed by atoms with E-state index >= 15 is 0 Å². The van der Waals surface area contributed by atoms with Crippen LogP contribution in [0.4, 0.5) is 0 Å². The van der Waals surface area contributed by atoms with Crippen LogP contribution in [0.1, 0.15) is 38.2 Å². The summed E-state index contributed by atoms with van der Waals surface area (Å²) in [5.41, 5.74) is 7.70. The smallest absolute Gasteiger partial charge is 0.0178 e. The molecule has 0 amide bonds. The number of hydrogen-bond donors (Lipinski definition) is 1. The predicted molar refractivity (Wildman–Crippen MR) is 72.5 cm³/mol. The number of hydrogen-bond acceptors (Lipinski definition) is 1. The van der Waals surface area contributed by atoms with Gasteiger partial charge in [0.25, 0.3) is 0 Å². The number of nitrogens with two attached hydrogens (primary N) is 1. The van der Waals surface area contributed by atoms with Crippen LogP contribution in [0.5, 0.6) is 0 Å². The van der Waals surface area contributed by atoms with Crippen molar-refractivity contribution in [2.45, 2.75) is 38.0 Å². The lowest BCUT2D eigenvalue weighted by Crippen LogP contribution is -2.38. The quantitative estimate of drug-likeness (QED) is 0.876. The maximum atomic E-state index is 6.05. The van der Waals surface area contributed by atoms with Crippen molar-refractivity contribution < 1.29 is 0 Å². The molecule has 0 bridgehead atoms. The molecule has 88 valence electrons. The number of halogens is 1. The lowest BCUT2D eigenvalue weighted by Gasteiger charge is -2.39. The van der Waals surface area contributed by atoms with Gasteiger partial charge in [0.15, 0.2) is 0 Å². The second kappa shape index (κ2) is 4.89. The average Bonchev–Trinajstić information content (AvgIpc) is 2.31. The van der Waals surface area contributed by atoms with Crippen molar-refractivity contribution in [1.29, 1.82) is 0 Å². The van der Waals surface area contributed by atoms with E-state index in [2.05, 4.69) is 47.1 Å². The van der Waals surface area contributed by atoms with Gasteiger partial charge in [-0.15, -0.1) is 0 Å². The Morgan fingerprint density at radius 2 is 2.06 bits per heavy atom. The highest BCUT2D eigenvalue weighted by atomic mass is 79.9. The molecular weight excluding hydrogens is 262 g/mol. The topological polar surface area (TPSA) is 26.0 Å². The fraction of sp³-hybridized carbons (Fsp3) is 0.571. The summed E-state index contributed by atoms with van der Waals surface area (Å²) in [6, 6.07) is 8.67. The molecule has 16 heavy (non-hydrogen) atoms. The minimum absolute atomic E-state index is 0.232. The highest BCUT2D eigenvalue weighted by Gasteiger charge is 2.34. The maximum absolute atomic E-state index is 6.05. The van der Waals surface area contributed by atoms with Crippen molar-refractivity contribution in [3.05, 3.63) is 34.3 Å². The zero-order valence-corrected chi connectivity index (χ0v) is 11.5. The molecule has 0 radical (unpaired) electrons. The van der Waals surface area contributed by atoms with Crippen LogP contribution in [0.3, 0.4) is 0 Å². The van der Waals surface area contributed by atoms with Crippen LogP contribution in [0.15, 0.2) is 28.7 Å². The molecule has 0 heterocycles. The van der Waals surface area contributed by atoms with Crippen LogP contribution in [0, 0.1) is 5.92 Å². The van der Waals surface area contributed by atoms with Crippen molar-refractivity contribution in [2.24, 2.45) is 11.7 Å². The fourth-order valence-electron chi connectivity index (χ4n) is 2.74. The first-order valence-electron chi connectivity index (χ1n) is 6.12. The standard InChI is InChI=1S/C14H20BrN/c1-11-5-7-14(10-16,8-6-11)12-3-2-4-13(15)9-12/h2-4,9,11H,5-8,10,16H2,1H3. The zero-order chi connectivity index (χ0) is 11.6. The molecular formula is C14H20BrN. The zero-order valence-electron chi connectivity index (χ0n) is 9.88. The molecule has 1 aliphatic rings. The van der Waals surface area contributed by atoms with E-state index < -0.39 is 0 Å². The van der Waals surface area contributed by atoms with E-state index in [0.717, 1.165) is 16.9 Å². The summed E-state index contributed by atoms with van der Waals surface area (Å²) in [6.45, 7) is 3.12. The Labute approximate surface area is 107 Å². The maximum Gasteiger partial charge on any atom is 0.0178 e. The molecule has 2 N–H and O–H groups in total. The Balaban J connectivity index is 2.28. The van der Waals surface area contributed by atoms with E-state index in [1.807, 2.05) is 0 Å².